The van der Waals surface area contributed by atoms with Crippen LogP contribution in [0, 0.1) is 11.6 Å². The van der Waals surface area contributed by atoms with E-state index in [1.54, 1.807) is 6.08 Å². The van der Waals surface area contributed by atoms with E-state index in [0.717, 1.165) is 26.2 Å². The largest absolute Gasteiger partial charge is 0.314 e. The minimum atomic E-state index is -0.537. The quantitative estimate of drug-likeness (QED) is 0.793. The normalized spacial score (nSPS) is 16.8. The summed E-state index contributed by atoms with van der Waals surface area (Å²) < 4.78 is 28.3. The van der Waals surface area contributed by atoms with Crippen LogP contribution < -0.4 is 5.32 Å². The van der Waals surface area contributed by atoms with Crippen molar-refractivity contribution in [3.8, 4) is 0 Å². The minimum Gasteiger partial charge on any atom is -0.314 e. The predicted molar refractivity (Wildman–Crippen MR) is 85.9 cm³/mol. The molecular weight excluding hydrogens is 373 g/mol. The second-order valence-electron chi connectivity index (χ2n) is 4.25. The lowest BCUT2D eigenvalue weighted by molar-refractivity contribution is 0.197. The van der Waals surface area contributed by atoms with Crippen molar-refractivity contribution in [1.29, 1.82) is 0 Å². The smallest absolute Gasteiger partial charge is 0.132 e. The molecule has 0 bridgehead atoms. The highest BCUT2D eigenvalue weighted by molar-refractivity contribution is 9.10. The molecule has 1 aromatic carbocycles. The molecule has 1 heterocycles. The van der Waals surface area contributed by atoms with E-state index in [2.05, 4.69) is 27.8 Å². The Bertz CT molecular complexity index is 431. The molecule has 20 heavy (non-hydrogen) atoms. The van der Waals surface area contributed by atoms with Crippen molar-refractivity contribution in [3.05, 3.63) is 46.5 Å². The van der Waals surface area contributed by atoms with Gasteiger partial charge in [0.2, 0.25) is 0 Å². The lowest BCUT2D eigenvalue weighted by atomic mass is 10.0. The van der Waals surface area contributed by atoms with Crippen molar-refractivity contribution in [3.63, 3.8) is 0 Å². The molecule has 0 aliphatic carbocycles. The number of nitrogens with zero attached hydrogens (tertiary/aromatic N) is 1. The highest BCUT2D eigenvalue weighted by Crippen LogP contribution is 2.29. The van der Waals surface area contributed by atoms with E-state index in [4.69, 9.17) is 0 Å². The first kappa shape index (κ1) is 19.8. The second kappa shape index (κ2) is 8.95. The molecule has 114 valence electrons. The number of benzene rings is 1. The molecular formula is C13H17BrCl2F2N2. The number of hydrogen-bond acceptors (Lipinski definition) is 2. The number of nitrogens with one attached hydrogen (secondary N) is 1. The highest BCUT2D eigenvalue weighted by Gasteiger charge is 2.25. The van der Waals surface area contributed by atoms with Gasteiger partial charge >= 0.3 is 0 Å². The lowest BCUT2D eigenvalue weighted by Gasteiger charge is -2.33. The van der Waals surface area contributed by atoms with Crippen LogP contribution in [0.2, 0.25) is 0 Å². The van der Waals surface area contributed by atoms with Crippen molar-refractivity contribution >= 4 is 40.7 Å². The molecule has 1 fully saturated rings. The van der Waals surface area contributed by atoms with Crippen molar-refractivity contribution in [2.45, 2.75) is 6.04 Å². The second-order valence-corrected chi connectivity index (χ2v) is 5.17. The molecule has 1 aromatic rings. The summed E-state index contributed by atoms with van der Waals surface area (Å²) in [6.07, 6.45) is 1.60. The number of hydrogen-bond donors (Lipinski definition) is 1. The Morgan fingerprint density at radius 2 is 1.70 bits per heavy atom. The Morgan fingerprint density at radius 3 is 2.15 bits per heavy atom. The molecule has 1 saturated heterocycles. The van der Waals surface area contributed by atoms with Crippen LogP contribution in [0.5, 0.6) is 0 Å². The van der Waals surface area contributed by atoms with E-state index < -0.39 is 17.7 Å². The fourth-order valence-electron chi connectivity index (χ4n) is 2.25. The molecule has 0 radical (unpaired) electrons. The summed E-state index contributed by atoms with van der Waals surface area (Å²) in [6, 6.07) is 2.16. The van der Waals surface area contributed by atoms with Crippen molar-refractivity contribution in [2.24, 2.45) is 0 Å². The fraction of sp³-hybridized carbons (Fsp3) is 0.385. The van der Waals surface area contributed by atoms with Gasteiger partial charge in [0.05, 0.1) is 6.04 Å². The molecule has 0 aromatic heterocycles. The first-order valence-corrected chi connectivity index (χ1v) is 6.64. The third kappa shape index (κ3) is 4.40. The van der Waals surface area contributed by atoms with E-state index in [1.165, 1.54) is 12.1 Å². The van der Waals surface area contributed by atoms with Crippen LogP contribution in [0.15, 0.2) is 29.3 Å². The maximum Gasteiger partial charge on any atom is 0.132 e. The van der Waals surface area contributed by atoms with Crippen LogP contribution in [-0.4, -0.2) is 31.1 Å². The van der Waals surface area contributed by atoms with Gasteiger partial charge in [-0.15, -0.1) is 31.4 Å². The zero-order chi connectivity index (χ0) is 13.1. The Labute approximate surface area is 138 Å². The predicted octanol–water partition coefficient (Wildman–Crippen LogP) is 3.70. The zero-order valence-corrected chi connectivity index (χ0v) is 14.0. The Kier molecular flexibility index (Phi) is 8.86. The topological polar surface area (TPSA) is 15.3 Å². The van der Waals surface area contributed by atoms with Gasteiger partial charge in [-0.25, -0.2) is 8.78 Å². The van der Waals surface area contributed by atoms with Gasteiger partial charge in [0, 0.05) is 36.2 Å². The molecule has 7 heteroatoms. The average molecular weight is 390 g/mol. The van der Waals surface area contributed by atoms with E-state index in [0.29, 0.717) is 4.47 Å². The Balaban J connectivity index is 0.00000180. The molecule has 1 atom stereocenters. The van der Waals surface area contributed by atoms with Crippen molar-refractivity contribution in [1.82, 2.24) is 10.2 Å². The van der Waals surface area contributed by atoms with Crippen molar-refractivity contribution in [2.75, 3.05) is 26.2 Å². The zero-order valence-electron chi connectivity index (χ0n) is 10.7. The van der Waals surface area contributed by atoms with Gasteiger partial charge in [-0.1, -0.05) is 22.0 Å². The van der Waals surface area contributed by atoms with Gasteiger partial charge in [0.1, 0.15) is 11.6 Å². The van der Waals surface area contributed by atoms with Gasteiger partial charge in [-0.2, -0.15) is 0 Å². The molecule has 0 spiro atoms. The van der Waals surface area contributed by atoms with Gasteiger partial charge in [0.25, 0.3) is 0 Å². The average Bonchev–Trinajstić information content (AvgIpc) is 2.34. The van der Waals surface area contributed by atoms with Crippen LogP contribution in [0.1, 0.15) is 11.6 Å². The van der Waals surface area contributed by atoms with E-state index in [1.807, 2.05) is 4.90 Å². The molecule has 1 aliphatic rings. The van der Waals surface area contributed by atoms with E-state index in [9.17, 15) is 8.78 Å². The molecule has 2 nitrogen and oxygen atoms in total. The van der Waals surface area contributed by atoms with Gasteiger partial charge < -0.3 is 5.32 Å². The minimum absolute atomic E-state index is 0. The standard InChI is InChI=1S/C13H15BrF2N2.2ClH/c1-2-12(18-5-3-17-4-6-18)13-10(15)7-9(14)8-11(13)16;;/h2,7-8,12,17H,1,3-6H2;2*1H/t12-;;/m1../s1. The molecule has 1 N–H and O–H groups in total. The SMILES string of the molecule is C=C[C@H](c1c(F)cc(Br)cc1F)N1CCNCC1.Cl.Cl. The summed E-state index contributed by atoms with van der Waals surface area (Å²) in [4.78, 5) is 2.03. The summed E-state index contributed by atoms with van der Waals surface area (Å²) in [7, 11) is 0. The van der Waals surface area contributed by atoms with Gasteiger partial charge in [-0.3, -0.25) is 4.90 Å². The fourth-order valence-corrected chi connectivity index (χ4v) is 2.65. The molecule has 2 rings (SSSR count). The van der Waals surface area contributed by atoms with E-state index >= 15 is 0 Å². The van der Waals surface area contributed by atoms with Crippen LogP contribution in [0.25, 0.3) is 0 Å². The maximum atomic E-state index is 13.9. The maximum absolute atomic E-state index is 13.9. The lowest BCUT2D eigenvalue weighted by Crippen LogP contribution is -2.45. The molecule has 0 amide bonds. The van der Waals surface area contributed by atoms with E-state index in [-0.39, 0.29) is 30.4 Å². The molecule has 0 unspecified atom stereocenters. The third-order valence-corrected chi connectivity index (χ3v) is 3.57. The number of rotatable bonds is 3. The van der Waals surface area contributed by atoms with Gasteiger partial charge in [-0.05, 0) is 12.1 Å². The van der Waals surface area contributed by atoms with Crippen LogP contribution in [-0.2, 0) is 0 Å². The summed E-state index contributed by atoms with van der Waals surface area (Å²) in [5.74, 6) is -1.07. The monoisotopic (exact) mass is 388 g/mol. The molecule has 1 aliphatic heterocycles. The Hall–Kier alpha value is -0.200. The first-order valence-electron chi connectivity index (χ1n) is 5.85. The van der Waals surface area contributed by atoms with Crippen LogP contribution in [0.4, 0.5) is 8.78 Å². The van der Waals surface area contributed by atoms with Crippen LogP contribution in [0.3, 0.4) is 0 Å². The van der Waals surface area contributed by atoms with Gasteiger partial charge in [0.15, 0.2) is 0 Å². The summed E-state index contributed by atoms with van der Waals surface area (Å²) in [5.41, 5.74) is 0.0788. The highest BCUT2D eigenvalue weighted by atomic mass is 79.9. The number of piperazine rings is 1. The summed E-state index contributed by atoms with van der Waals surface area (Å²) >= 11 is 3.08. The molecule has 0 saturated carbocycles. The Morgan fingerprint density at radius 1 is 1.20 bits per heavy atom. The van der Waals surface area contributed by atoms with Crippen molar-refractivity contribution < 1.29 is 8.78 Å². The summed E-state index contributed by atoms with van der Waals surface area (Å²) in [5, 5.41) is 3.21. The van der Waals surface area contributed by atoms with Crippen LogP contribution >= 0.6 is 40.7 Å². The number of halogens is 5. The first-order chi connectivity index (χ1) is 8.63. The summed E-state index contributed by atoms with van der Waals surface area (Å²) in [6.45, 7) is 6.87. The third-order valence-electron chi connectivity index (χ3n) is 3.11.